The molecular weight excluding hydrogens is 1250 g/mol. The van der Waals surface area contributed by atoms with Gasteiger partial charge >= 0.3 is 6.18 Å². The molecule has 0 aliphatic heterocycles. The van der Waals surface area contributed by atoms with Crippen LogP contribution in [0.4, 0.5) is 30.2 Å². The number of thiophene rings is 1. The van der Waals surface area contributed by atoms with Crippen LogP contribution in [0.5, 0.6) is 34.5 Å². The topological polar surface area (TPSA) is 374 Å². The third kappa shape index (κ3) is 16.8. The molecule has 0 spiro atoms. The first-order valence-corrected chi connectivity index (χ1v) is 31.9. The van der Waals surface area contributed by atoms with Gasteiger partial charge in [-0.15, -0.1) is 11.3 Å². The van der Waals surface area contributed by atoms with Crippen LogP contribution in [0.2, 0.25) is 0 Å². The Kier molecular flexibility index (Phi) is 24.0. The number of nitrogens with zero attached hydrogens (tertiary/aromatic N) is 3. The van der Waals surface area contributed by atoms with Crippen molar-refractivity contribution in [3.8, 4) is 68.5 Å². The first-order valence-electron chi connectivity index (χ1n) is 31.1. The summed E-state index contributed by atoms with van der Waals surface area (Å²) in [5, 5.41) is 91.0. The Morgan fingerprint density at radius 3 is 1.15 bits per heavy atom. The van der Waals surface area contributed by atoms with Crippen molar-refractivity contribution in [1.82, 2.24) is 31.4 Å². The van der Waals surface area contributed by atoms with Crippen molar-refractivity contribution in [2.24, 2.45) is 17.8 Å². The fourth-order valence-electron chi connectivity index (χ4n) is 11.0. The molecule has 12 N–H and O–H groups in total. The van der Waals surface area contributed by atoms with Crippen LogP contribution in [0.1, 0.15) is 201 Å². The van der Waals surface area contributed by atoms with Crippen molar-refractivity contribution < 1.29 is 86.1 Å². The second kappa shape index (κ2) is 31.3. The number of aryl methyl sites for hydroxylation is 1. The zero-order chi connectivity index (χ0) is 69.0. The second-order valence-corrected chi connectivity index (χ2v) is 24.7. The molecule has 3 aromatic carbocycles. The molecule has 9 rings (SSSR count). The average Bonchev–Trinajstić information content (AvgIpc) is 1.61. The van der Waals surface area contributed by atoms with Crippen LogP contribution in [-0.2, 0) is 9.59 Å². The van der Waals surface area contributed by atoms with Gasteiger partial charge in [0.2, 0.25) is 11.8 Å². The van der Waals surface area contributed by atoms with Crippen LogP contribution < -0.4 is 31.9 Å². The van der Waals surface area contributed by atoms with Gasteiger partial charge in [-0.2, -0.15) is 13.2 Å². The van der Waals surface area contributed by atoms with Gasteiger partial charge < -0.3 is 76.1 Å². The summed E-state index contributed by atoms with van der Waals surface area (Å²) in [6.07, 6.45) is 0.197. The Labute approximate surface area is 544 Å². The molecule has 94 heavy (non-hydrogen) atoms. The van der Waals surface area contributed by atoms with Gasteiger partial charge in [-0.05, 0) is 136 Å². The van der Waals surface area contributed by atoms with Crippen molar-refractivity contribution in [2.45, 2.75) is 151 Å². The molecule has 4 heterocycles. The molecular formula is C66H80F3N9O15S. The average molecular weight is 1330 g/mol. The summed E-state index contributed by atoms with van der Waals surface area (Å²) < 4.78 is 55.1. The molecule has 2 saturated carbocycles. The molecule has 2 aliphatic rings. The second-order valence-electron chi connectivity index (χ2n) is 23.8. The monoisotopic (exact) mass is 1330 g/mol. The molecule has 28 heteroatoms. The zero-order valence-electron chi connectivity index (χ0n) is 53.8. The number of carbonyl (C=O) groups is 6. The van der Waals surface area contributed by atoms with Crippen molar-refractivity contribution in [1.29, 1.82) is 0 Å². The number of anilines is 3. The number of hydrogen-bond donors (Lipinski definition) is 12. The van der Waals surface area contributed by atoms with E-state index in [0.717, 1.165) is 43.7 Å². The molecule has 0 atom stereocenters. The summed E-state index contributed by atoms with van der Waals surface area (Å²) in [6, 6.07) is 10.0. The summed E-state index contributed by atoms with van der Waals surface area (Å²) in [7, 11) is 0. The Bertz CT molecular complexity index is 3870. The molecule has 24 nitrogen and oxygen atoms in total. The lowest BCUT2D eigenvalue weighted by Gasteiger charge is -2.29. The van der Waals surface area contributed by atoms with Gasteiger partial charge in [0.25, 0.3) is 23.6 Å². The molecule has 2 fully saturated rings. The van der Waals surface area contributed by atoms with E-state index < -0.39 is 47.5 Å². The fraction of sp³-hybridized carbons (Fsp3) is 0.439. The lowest BCUT2D eigenvalue weighted by atomic mass is 9.81. The number of phenolic OH excluding ortho intramolecular Hbond substituents is 6. The lowest BCUT2D eigenvalue weighted by molar-refractivity contribution is -0.184. The highest BCUT2D eigenvalue weighted by molar-refractivity contribution is 7.12. The number of aromatic hydroxyl groups is 6. The fourth-order valence-corrected chi connectivity index (χ4v) is 11.8. The predicted molar refractivity (Wildman–Crippen MR) is 344 cm³/mol. The third-order valence-electron chi connectivity index (χ3n) is 16.1. The smallest absolute Gasteiger partial charge is 0.391 e. The molecule has 4 aromatic heterocycles. The third-order valence-corrected chi connectivity index (χ3v) is 17.1. The zero-order valence-corrected chi connectivity index (χ0v) is 54.6. The minimum atomic E-state index is -4.29. The van der Waals surface area contributed by atoms with Gasteiger partial charge in [-0.25, -0.2) is 0 Å². The van der Waals surface area contributed by atoms with E-state index in [0.29, 0.717) is 34.7 Å². The minimum absolute atomic E-state index is 0.0181. The highest BCUT2D eigenvalue weighted by Crippen LogP contribution is 2.47. The van der Waals surface area contributed by atoms with Gasteiger partial charge in [0, 0.05) is 49.7 Å². The number of aromatic nitrogens is 3. The highest BCUT2D eigenvalue weighted by atomic mass is 32.1. The molecule has 6 amide bonds. The van der Waals surface area contributed by atoms with Crippen molar-refractivity contribution in [3.63, 3.8) is 0 Å². The van der Waals surface area contributed by atoms with Crippen LogP contribution >= 0.6 is 11.3 Å². The minimum Gasteiger partial charge on any atom is -0.508 e. The maximum atomic E-state index is 13.0. The van der Waals surface area contributed by atoms with Gasteiger partial charge in [0.1, 0.15) is 51.6 Å². The van der Waals surface area contributed by atoms with E-state index in [9.17, 15) is 72.6 Å². The van der Waals surface area contributed by atoms with E-state index in [-0.39, 0.29) is 164 Å². The summed E-state index contributed by atoms with van der Waals surface area (Å²) in [5.74, 6) is -6.29. The summed E-state index contributed by atoms with van der Waals surface area (Å²) in [4.78, 5) is 76.6. The number of halogens is 3. The van der Waals surface area contributed by atoms with E-state index in [1.54, 1.807) is 38.3 Å². The number of hydrogen-bond acceptors (Lipinski definition) is 19. The normalized spacial score (nSPS) is 14.9. The lowest BCUT2D eigenvalue weighted by Crippen LogP contribution is -2.33. The molecule has 0 bridgehead atoms. The van der Waals surface area contributed by atoms with Gasteiger partial charge in [0.05, 0.1) is 27.5 Å². The number of carbonyl (C=O) groups excluding carboxylic acids is 6. The van der Waals surface area contributed by atoms with Crippen LogP contribution in [0.15, 0.2) is 61.4 Å². The Balaban J connectivity index is 0.000000200. The Hall–Kier alpha value is -9.60. The van der Waals surface area contributed by atoms with Crippen molar-refractivity contribution >= 4 is 63.8 Å². The number of nitrogens with one attached hydrogen (secondary N) is 6. The SMILES string of the molecule is CCNC(=O)c1noc(-c2cc(C(C)C)c(O)cc2O)c1NC(=O)C1CCC(C(F)(F)F)CC1.CCNC(=O)c1noc(-c2cc(C(C)C)c(O)cc2O)c1NC(=O)C1CCCCC1.CCNC(=O)c1noc(-c2cc(C(C)C)c(O)cc2O)c1NC(=O)c1sccc1C. The highest BCUT2D eigenvalue weighted by Gasteiger charge is 2.43. The molecule has 7 aromatic rings. The number of amides is 6. The molecule has 0 unspecified atom stereocenters. The maximum Gasteiger partial charge on any atom is 0.391 e. The van der Waals surface area contributed by atoms with Gasteiger partial charge in [-0.3, -0.25) is 28.8 Å². The molecule has 0 radical (unpaired) electrons. The first kappa shape index (κ1) is 71.8. The summed E-state index contributed by atoms with van der Waals surface area (Å²) >= 11 is 1.27. The summed E-state index contributed by atoms with van der Waals surface area (Å²) in [5.41, 5.74) is 2.73. The van der Waals surface area contributed by atoms with Crippen LogP contribution in [-0.4, -0.2) is 107 Å². The largest absolute Gasteiger partial charge is 0.508 e. The van der Waals surface area contributed by atoms with Gasteiger partial charge in [0.15, 0.2) is 34.4 Å². The Morgan fingerprint density at radius 1 is 0.500 bits per heavy atom. The molecule has 2 aliphatic carbocycles. The van der Waals surface area contributed by atoms with Crippen molar-refractivity contribution in [3.05, 3.63) is 92.1 Å². The first-order chi connectivity index (χ1) is 44.5. The van der Waals surface area contributed by atoms with Crippen LogP contribution in [0.3, 0.4) is 0 Å². The quantitative estimate of drug-likeness (QED) is 0.0380. The van der Waals surface area contributed by atoms with Crippen LogP contribution in [0, 0.1) is 24.7 Å². The van der Waals surface area contributed by atoms with Crippen molar-refractivity contribution in [2.75, 3.05) is 35.6 Å². The predicted octanol–water partition coefficient (Wildman–Crippen LogP) is 13.3. The number of benzene rings is 3. The standard InChI is InChI=1S/C23H28F3N3O5.C22H29N3O5.C21H23N3O5S/c1-4-27-22(33)19-18(28-21(32)12-5-7-13(8-6-12)23(24,25)26)20(34-29-19)15-9-14(11(2)3)16(30)10-17(15)31;1-4-23-22(29)19-18(24-21(28)13-8-6-5-7-9-13)20(30-25-19)15-10-14(12(2)3)16(26)11-17(15)27;1-5-22-20(27)17-16(23-21(28)19-11(4)6-7-30-19)18(29-24-17)13-8-12(10(2)3)14(25)9-15(13)26/h9-13,30-31H,4-8H2,1-3H3,(H,27,33)(H,28,32);10-13,26-27H,4-9H2,1-3H3,(H,23,29)(H,24,28);6-10,25-26H,5H2,1-4H3,(H,22,27)(H,23,28). The summed E-state index contributed by atoms with van der Waals surface area (Å²) in [6.45, 7) is 19.3. The molecule has 506 valence electrons. The van der Waals surface area contributed by atoms with E-state index in [1.807, 2.05) is 54.5 Å². The van der Waals surface area contributed by atoms with E-state index in [1.165, 1.54) is 29.5 Å². The number of phenols is 6. The molecule has 0 saturated heterocycles. The van der Waals surface area contributed by atoms with E-state index in [4.69, 9.17) is 13.6 Å². The number of alkyl halides is 3. The Morgan fingerprint density at radius 2 is 0.840 bits per heavy atom. The van der Waals surface area contributed by atoms with E-state index in [2.05, 4.69) is 47.4 Å². The van der Waals surface area contributed by atoms with E-state index >= 15 is 0 Å². The maximum absolute atomic E-state index is 13.0. The van der Waals surface area contributed by atoms with Gasteiger partial charge in [-0.1, -0.05) is 76.3 Å². The number of rotatable bonds is 18. The van der Waals surface area contributed by atoms with Crippen LogP contribution in [0.25, 0.3) is 34.0 Å².